The Morgan fingerprint density at radius 2 is 1.12 bits per heavy atom. The van der Waals surface area contributed by atoms with Crippen LogP contribution in [0.15, 0.2) is 54.6 Å². The third-order valence-corrected chi connectivity index (χ3v) is 12.7. The summed E-state index contributed by atoms with van der Waals surface area (Å²) in [7, 11) is -1.18. The van der Waals surface area contributed by atoms with Gasteiger partial charge in [0.25, 0.3) is 0 Å². The van der Waals surface area contributed by atoms with Crippen molar-refractivity contribution in [2.75, 3.05) is 6.66 Å². The Bertz CT molecular complexity index is 675. The lowest BCUT2D eigenvalue weighted by atomic mass is 9.99. The van der Waals surface area contributed by atoms with Crippen LogP contribution in [-0.2, 0) is 0 Å². The van der Waals surface area contributed by atoms with Gasteiger partial charge in [-0.3, -0.25) is 0 Å². The van der Waals surface area contributed by atoms with E-state index < -0.39 is 7.26 Å². The largest absolute Gasteiger partial charge is 0.102 e. The molecule has 4 rings (SSSR count). The Labute approximate surface area is 160 Å². The maximum Gasteiger partial charge on any atom is 0.102 e. The summed E-state index contributed by atoms with van der Waals surface area (Å²) in [6.07, 6.45) is 14.7. The van der Waals surface area contributed by atoms with E-state index in [2.05, 4.69) is 61.3 Å². The molecule has 0 radical (unpaired) electrons. The first kappa shape index (κ1) is 18.2. The molecule has 2 aliphatic rings. The van der Waals surface area contributed by atoms with E-state index in [1.807, 2.05) is 0 Å². The number of rotatable bonds is 4. The fourth-order valence-electron chi connectivity index (χ4n) is 5.68. The molecule has 0 saturated heterocycles. The maximum atomic E-state index is 2.75. The number of hydrogen-bond donors (Lipinski definition) is 0. The predicted molar refractivity (Wildman–Crippen MR) is 118 cm³/mol. The molecule has 0 amide bonds. The fourth-order valence-corrected chi connectivity index (χ4v) is 11.1. The lowest BCUT2D eigenvalue weighted by Crippen LogP contribution is -2.34. The van der Waals surface area contributed by atoms with Crippen molar-refractivity contribution in [3.63, 3.8) is 0 Å². The lowest BCUT2D eigenvalue weighted by molar-refractivity contribution is 0.482. The van der Waals surface area contributed by atoms with Gasteiger partial charge >= 0.3 is 0 Å². The van der Waals surface area contributed by atoms with Crippen molar-refractivity contribution in [3.8, 4) is 11.1 Å². The molecule has 0 nitrogen and oxygen atoms in total. The Morgan fingerprint density at radius 3 is 1.69 bits per heavy atom. The van der Waals surface area contributed by atoms with Crippen molar-refractivity contribution in [1.82, 2.24) is 0 Å². The van der Waals surface area contributed by atoms with Gasteiger partial charge < -0.3 is 0 Å². The highest BCUT2D eigenvalue weighted by Crippen LogP contribution is 2.69. The number of benzene rings is 2. The summed E-state index contributed by atoms with van der Waals surface area (Å²) in [6, 6.07) is 20.6. The lowest BCUT2D eigenvalue weighted by Gasteiger charge is -2.41. The highest BCUT2D eigenvalue weighted by molar-refractivity contribution is 7.83. The fraction of sp³-hybridized carbons (Fsp3) is 0.520. The van der Waals surface area contributed by atoms with Gasteiger partial charge in [-0.15, -0.1) is 0 Å². The van der Waals surface area contributed by atoms with E-state index in [0.29, 0.717) is 0 Å². The van der Waals surface area contributed by atoms with E-state index in [9.17, 15) is 0 Å². The number of hydrogen-bond acceptors (Lipinski definition) is 0. The van der Waals surface area contributed by atoms with Crippen LogP contribution in [0.4, 0.5) is 0 Å². The molecule has 2 aromatic carbocycles. The van der Waals surface area contributed by atoms with E-state index in [1.165, 1.54) is 75.3 Å². The van der Waals surface area contributed by atoms with Crippen LogP contribution >= 0.6 is 7.26 Å². The van der Waals surface area contributed by atoms with E-state index in [1.54, 1.807) is 5.30 Å². The van der Waals surface area contributed by atoms with Crippen LogP contribution in [0.2, 0.25) is 0 Å². The molecule has 0 atom stereocenters. The smallest absolute Gasteiger partial charge is 0.0622 e. The molecule has 0 N–H and O–H groups in total. The summed E-state index contributed by atoms with van der Waals surface area (Å²) in [4.78, 5) is 0. The molecule has 26 heavy (non-hydrogen) atoms. The Kier molecular flexibility index (Phi) is 5.80. The van der Waals surface area contributed by atoms with Crippen molar-refractivity contribution in [3.05, 3.63) is 54.6 Å². The predicted octanol–water partition coefficient (Wildman–Crippen LogP) is 7.29. The summed E-state index contributed by atoms with van der Waals surface area (Å²) in [6.45, 7) is 2.75. The first-order valence-corrected chi connectivity index (χ1v) is 13.2. The van der Waals surface area contributed by atoms with Gasteiger partial charge in [0.1, 0.15) is 5.30 Å². The van der Waals surface area contributed by atoms with Gasteiger partial charge in [0.2, 0.25) is 0 Å². The minimum atomic E-state index is -1.18. The minimum absolute atomic E-state index is 0.962. The third-order valence-electron chi connectivity index (χ3n) is 7.17. The van der Waals surface area contributed by atoms with E-state index >= 15 is 0 Å². The molecule has 0 spiro atoms. The quantitative estimate of drug-likeness (QED) is 0.499. The SMILES string of the molecule is C[P+](c1ccccc1-c1ccccc1)(C1CCCCC1)C1CCCCC1. The van der Waals surface area contributed by atoms with Crippen LogP contribution in [0.1, 0.15) is 64.2 Å². The first-order chi connectivity index (χ1) is 12.8. The highest BCUT2D eigenvalue weighted by Gasteiger charge is 2.51. The molecule has 0 unspecified atom stereocenters. The van der Waals surface area contributed by atoms with E-state index in [-0.39, 0.29) is 0 Å². The summed E-state index contributed by atoms with van der Waals surface area (Å²) < 4.78 is 0. The summed E-state index contributed by atoms with van der Waals surface area (Å²) >= 11 is 0. The Morgan fingerprint density at radius 1 is 0.615 bits per heavy atom. The van der Waals surface area contributed by atoms with Gasteiger partial charge in [-0.05, 0) is 63.0 Å². The summed E-state index contributed by atoms with van der Waals surface area (Å²) in [5.41, 5.74) is 4.87. The van der Waals surface area contributed by atoms with E-state index in [0.717, 1.165) is 11.3 Å². The normalized spacial score (nSPS) is 20.2. The van der Waals surface area contributed by atoms with Crippen LogP contribution in [0.5, 0.6) is 0 Å². The molecular formula is C25H34P+. The standard InChI is InChI=1S/C25H34P/c1-26(22-15-7-3-8-16-22,23-17-9-4-10-18-23)25-20-12-11-19-24(25)21-13-5-2-6-14-21/h2,5-6,11-14,19-20,22-23H,3-4,7-10,15-18H2,1H3/q+1. The highest BCUT2D eigenvalue weighted by atomic mass is 31.2. The molecule has 0 heterocycles. The molecule has 2 aliphatic carbocycles. The van der Waals surface area contributed by atoms with Crippen molar-refractivity contribution >= 4 is 12.6 Å². The van der Waals surface area contributed by atoms with Crippen molar-refractivity contribution < 1.29 is 0 Å². The average Bonchev–Trinajstić information content (AvgIpc) is 2.75. The van der Waals surface area contributed by atoms with Gasteiger partial charge in [-0.1, -0.05) is 61.4 Å². The van der Waals surface area contributed by atoms with Gasteiger partial charge in [-0.25, -0.2) is 0 Å². The van der Waals surface area contributed by atoms with Crippen molar-refractivity contribution in [2.24, 2.45) is 0 Å². The molecule has 2 saturated carbocycles. The summed E-state index contributed by atoms with van der Waals surface area (Å²) in [5, 5.41) is 1.74. The van der Waals surface area contributed by atoms with Crippen LogP contribution in [0, 0.1) is 0 Å². The van der Waals surface area contributed by atoms with Gasteiger partial charge in [0.15, 0.2) is 0 Å². The molecule has 0 bridgehead atoms. The second-order valence-electron chi connectivity index (χ2n) is 8.61. The molecule has 0 aliphatic heterocycles. The van der Waals surface area contributed by atoms with Crippen molar-refractivity contribution in [1.29, 1.82) is 0 Å². The molecule has 2 aromatic rings. The van der Waals surface area contributed by atoms with Gasteiger partial charge in [0, 0.05) is 5.56 Å². The first-order valence-electron chi connectivity index (χ1n) is 10.8. The zero-order valence-electron chi connectivity index (χ0n) is 16.4. The topological polar surface area (TPSA) is 0 Å². The zero-order valence-corrected chi connectivity index (χ0v) is 17.3. The monoisotopic (exact) mass is 365 g/mol. The van der Waals surface area contributed by atoms with E-state index in [4.69, 9.17) is 0 Å². The molecule has 2 fully saturated rings. The average molecular weight is 366 g/mol. The summed E-state index contributed by atoms with van der Waals surface area (Å²) in [5.74, 6) is 0. The third kappa shape index (κ3) is 3.50. The second kappa shape index (κ2) is 8.26. The second-order valence-corrected chi connectivity index (χ2v) is 12.9. The molecule has 1 heteroatoms. The zero-order chi connectivity index (χ0) is 17.8. The van der Waals surface area contributed by atoms with Crippen LogP contribution in [-0.4, -0.2) is 18.0 Å². The maximum absolute atomic E-state index is 2.75. The Hall–Kier alpha value is -1.13. The van der Waals surface area contributed by atoms with Gasteiger partial charge in [-0.2, -0.15) is 0 Å². The minimum Gasteiger partial charge on any atom is -0.0622 e. The van der Waals surface area contributed by atoms with Gasteiger partial charge in [0.05, 0.1) is 25.2 Å². The van der Waals surface area contributed by atoms with Crippen LogP contribution < -0.4 is 5.30 Å². The van der Waals surface area contributed by atoms with Crippen molar-refractivity contribution in [2.45, 2.75) is 75.5 Å². The van der Waals surface area contributed by atoms with Crippen LogP contribution in [0.3, 0.4) is 0 Å². The Balaban J connectivity index is 1.81. The molecular weight excluding hydrogens is 331 g/mol. The van der Waals surface area contributed by atoms with Crippen LogP contribution in [0.25, 0.3) is 11.1 Å². The molecule has 0 aromatic heterocycles. The molecule has 138 valence electrons.